The van der Waals surface area contributed by atoms with Crippen molar-refractivity contribution in [2.75, 3.05) is 25.9 Å². The molecular formula is C14H20N2O2. The second-order valence-electron chi connectivity index (χ2n) is 4.70. The van der Waals surface area contributed by atoms with Gasteiger partial charge in [-0.25, -0.2) is 0 Å². The average Bonchev–Trinajstić information content (AvgIpc) is 2.41. The number of hydrogen-bond donors (Lipinski definition) is 1. The van der Waals surface area contributed by atoms with Gasteiger partial charge in [-0.05, 0) is 37.0 Å². The standard InChI is InChI=1S/C14H20N2O2/c1-18-10-11-5-6-12(15)9-13(11)14(17)16-7-3-2-4-8-16/h5-6,9H,2-4,7-8,10,15H2,1H3. The molecule has 1 saturated heterocycles. The van der Waals surface area contributed by atoms with Gasteiger partial charge >= 0.3 is 0 Å². The van der Waals surface area contributed by atoms with Crippen molar-refractivity contribution in [3.63, 3.8) is 0 Å². The average molecular weight is 248 g/mol. The highest BCUT2D eigenvalue weighted by Gasteiger charge is 2.20. The van der Waals surface area contributed by atoms with Gasteiger partial charge in [0.25, 0.3) is 5.91 Å². The quantitative estimate of drug-likeness (QED) is 0.833. The molecule has 1 aliphatic heterocycles. The van der Waals surface area contributed by atoms with Crippen LogP contribution in [0.4, 0.5) is 5.69 Å². The molecule has 98 valence electrons. The zero-order valence-electron chi connectivity index (χ0n) is 10.8. The maximum atomic E-state index is 12.5. The molecule has 1 heterocycles. The molecule has 1 aromatic rings. The van der Waals surface area contributed by atoms with E-state index in [-0.39, 0.29) is 5.91 Å². The van der Waals surface area contributed by atoms with Crippen molar-refractivity contribution in [1.82, 2.24) is 4.90 Å². The van der Waals surface area contributed by atoms with E-state index in [0.29, 0.717) is 17.9 Å². The molecule has 2 rings (SSSR count). The molecule has 0 aliphatic carbocycles. The highest BCUT2D eigenvalue weighted by Crippen LogP contribution is 2.19. The Morgan fingerprint density at radius 1 is 1.33 bits per heavy atom. The molecule has 1 amide bonds. The van der Waals surface area contributed by atoms with Crippen LogP contribution in [0.25, 0.3) is 0 Å². The van der Waals surface area contributed by atoms with Crippen molar-refractivity contribution in [1.29, 1.82) is 0 Å². The van der Waals surface area contributed by atoms with Crippen LogP contribution in [-0.4, -0.2) is 31.0 Å². The Bertz CT molecular complexity index is 426. The number of carbonyl (C=O) groups is 1. The Morgan fingerprint density at radius 2 is 2.06 bits per heavy atom. The first-order chi connectivity index (χ1) is 8.72. The minimum Gasteiger partial charge on any atom is -0.399 e. The highest BCUT2D eigenvalue weighted by atomic mass is 16.5. The molecule has 4 heteroatoms. The predicted octanol–water partition coefficient (Wildman–Crippen LogP) is 2.04. The number of carbonyl (C=O) groups excluding carboxylic acids is 1. The maximum absolute atomic E-state index is 12.5. The third-order valence-corrected chi connectivity index (χ3v) is 3.31. The van der Waals surface area contributed by atoms with Crippen LogP contribution in [-0.2, 0) is 11.3 Å². The van der Waals surface area contributed by atoms with E-state index in [1.165, 1.54) is 6.42 Å². The van der Waals surface area contributed by atoms with Crippen molar-refractivity contribution < 1.29 is 9.53 Å². The second kappa shape index (κ2) is 5.87. The van der Waals surface area contributed by atoms with Crippen molar-refractivity contribution in [2.24, 2.45) is 0 Å². The number of hydrogen-bond acceptors (Lipinski definition) is 3. The van der Waals surface area contributed by atoms with Crippen LogP contribution in [0.5, 0.6) is 0 Å². The first kappa shape index (κ1) is 12.9. The molecule has 1 fully saturated rings. The summed E-state index contributed by atoms with van der Waals surface area (Å²) in [5.74, 6) is 0.0778. The molecule has 2 N–H and O–H groups in total. The van der Waals surface area contributed by atoms with Gasteiger partial charge in [0, 0.05) is 31.5 Å². The van der Waals surface area contributed by atoms with E-state index in [1.54, 1.807) is 19.2 Å². The molecular weight excluding hydrogens is 228 g/mol. The zero-order chi connectivity index (χ0) is 13.0. The normalized spacial score (nSPS) is 15.7. The van der Waals surface area contributed by atoms with Crippen LogP contribution in [0, 0.1) is 0 Å². The third kappa shape index (κ3) is 2.82. The van der Waals surface area contributed by atoms with Crippen molar-refractivity contribution in [2.45, 2.75) is 25.9 Å². The van der Waals surface area contributed by atoms with Gasteiger partial charge in [0.1, 0.15) is 0 Å². The molecule has 1 aliphatic rings. The molecule has 0 atom stereocenters. The van der Waals surface area contributed by atoms with E-state index in [0.717, 1.165) is 31.5 Å². The molecule has 0 radical (unpaired) electrons. The molecule has 1 aromatic carbocycles. The summed E-state index contributed by atoms with van der Waals surface area (Å²) in [6.45, 7) is 2.13. The van der Waals surface area contributed by atoms with E-state index in [4.69, 9.17) is 10.5 Å². The fourth-order valence-corrected chi connectivity index (χ4v) is 2.34. The number of amides is 1. The Hall–Kier alpha value is -1.55. The fourth-order valence-electron chi connectivity index (χ4n) is 2.34. The lowest BCUT2D eigenvalue weighted by atomic mass is 10.0. The van der Waals surface area contributed by atoms with Crippen LogP contribution in [0.2, 0.25) is 0 Å². The van der Waals surface area contributed by atoms with Crippen molar-refractivity contribution >= 4 is 11.6 Å². The van der Waals surface area contributed by atoms with Crippen molar-refractivity contribution in [3.05, 3.63) is 29.3 Å². The van der Waals surface area contributed by atoms with Crippen LogP contribution in [0.15, 0.2) is 18.2 Å². The number of nitrogen functional groups attached to an aromatic ring is 1. The molecule has 0 unspecified atom stereocenters. The third-order valence-electron chi connectivity index (χ3n) is 3.31. The van der Waals surface area contributed by atoms with Crippen LogP contribution in [0.3, 0.4) is 0 Å². The van der Waals surface area contributed by atoms with Gasteiger partial charge in [0.2, 0.25) is 0 Å². The summed E-state index contributed by atoms with van der Waals surface area (Å²) in [5, 5.41) is 0. The number of benzene rings is 1. The molecule has 0 spiro atoms. The van der Waals surface area contributed by atoms with Crippen molar-refractivity contribution in [3.8, 4) is 0 Å². The molecule has 4 nitrogen and oxygen atoms in total. The van der Waals surface area contributed by atoms with E-state index < -0.39 is 0 Å². The van der Waals surface area contributed by atoms with Gasteiger partial charge in [-0.15, -0.1) is 0 Å². The highest BCUT2D eigenvalue weighted by molar-refractivity contribution is 5.96. The topological polar surface area (TPSA) is 55.6 Å². The van der Waals surface area contributed by atoms with Gasteiger partial charge in [0.05, 0.1) is 6.61 Å². The van der Waals surface area contributed by atoms with Gasteiger partial charge in [-0.2, -0.15) is 0 Å². The number of methoxy groups -OCH3 is 1. The lowest BCUT2D eigenvalue weighted by Gasteiger charge is -2.27. The lowest BCUT2D eigenvalue weighted by Crippen LogP contribution is -2.36. The SMILES string of the molecule is COCc1ccc(N)cc1C(=O)N1CCCCC1. The summed E-state index contributed by atoms with van der Waals surface area (Å²) in [7, 11) is 1.63. The zero-order valence-corrected chi connectivity index (χ0v) is 10.8. The Morgan fingerprint density at radius 3 is 2.72 bits per heavy atom. The largest absolute Gasteiger partial charge is 0.399 e. The minimum absolute atomic E-state index is 0.0778. The summed E-state index contributed by atoms with van der Waals surface area (Å²) < 4.78 is 5.13. The first-order valence-electron chi connectivity index (χ1n) is 6.39. The van der Waals surface area contributed by atoms with Gasteiger partial charge < -0.3 is 15.4 Å². The Labute approximate surface area is 108 Å². The minimum atomic E-state index is 0.0778. The number of ether oxygens (including phenoxy) is 1. The van der Waals surface area contributed by atoms with E-state index in [1.807, 2.05) is 11.0 Å². The number of likely N-dealkylation sites (tertiary alicyclic amines) is 1. The van der Waals surface area contributed by atoms with Gasteiger partial charge in [-0.3, -0.25) is 4.79 Å². The Kier molecular flexibility index (Phi) is 4.20. The van der Waals surface area contributed by atoms with Gasteiger partial charge in [0.15, 0.2) is 0 Å². The number of rotatable bonds is 3. The predicted molar refractivity (Wildman–Crippen MR) is 71.3 cm³/mol. The second-order valence-corrected chi connectivity index (χ2v) is 4.70. The van der Waals surface area contributed by atoms with E-state index >= 15 is 0 Å². The summed E-state index contributed by atoms with van der Waals surface area (Å²) in [4.78, 5) is 14.4. The number of nitrogens with two attached hydrogens (primary N) is 1. The summed E-state index contributed by atoms with van der Waals surface area (Å²) in [6.07, 6.45) is 3.40. The smallest absolute Gasteiger partial charge is 0.254 e. The Balaban J connectivity index is 2.24. The summed E-state index contributed by atoms with van der Waals surface area (Å²) in [6, 6.07) is 5.43. The van der Waals surface area contributed by atoms with E-state index in [2.05, 4.69) is 0 Å². The van der Waals surface area contributed by atoms with Crippen LogP contribution in [0.1, 0.15) is 35.2 Å². The summed E-state index contributed by atoms with van der Waals surface area (Å²) in [5.41, 5.74) is 7.98. The fraction of sp³-hybridized carbons (Fsp3) is 0.500. The summed E-state index contributed by atoms with van der Waals surface area (Å²) >= 11 is 0. The molecule has 0 saturated carbocycles. The molecule has 0 aromatic heterocycles. The number of nitrogens with zero attached hydrogens (tertiary/aromatic N) is 1. The van der Waals surface area contributed by atoms with Gasteiger partial charge in [-0.1, -0.05) is 6.07 Å². The molecule has 18 heavy (non-hydrogen) atoms. The monoisotopic (exact) mass is 248 g/mol. The van der Waals surface area contributed by atoms with Crippen LogP contribution >= 0.6 is 0 Å². The molecule has 0 bridgehead atoms. The maximum Gasteiger partial charge on any atom is 0.254 e. The first-order valence-corrected chi connectivity index (χ1v) is 6.39. The number of anilines is 1. The van der Waals surface area contributed by atoms with Crippen LogP contribution < -0.4 is 5.73 Å². The lowest BCUT2D eigenvalue weighted by molar-refractivity contribution is 0.0719. The number of piperidine rings is 1. The van der Waals surface area contributed by atoms with E-state index in [9.17, 15) is 4.79 Å².